The zero-order chi connectivity index (χ0) is 13.8. The highest BCUT2D eigenvalue weighted by Crippen LogP contribution is 2.25. The molecule has 0 aliphatic carbocycles. The minimum Gasteiger partial charge on any atom is -0.377 e. The van der Waals surface area contributed by atoms with Gasteiger partial charge in [0.2, 0.25) is 0 Å². The lowest BCUT2D eigenvalue weighted by Gasteiger charge is -2.19. The van der Waals surface area contributed by atoms with Crippen LogP contribution in [0.15, 0.2) is 36.5 Å². The Kier molecular flexibility index (Phi) is 4.45. The van der Waals surface area contributed by atoms with Crippen LogP contribution in [0.25, 0.3) is 10.6 Å². The molecule has 3 rings (SSSR count). The zero-order valence-corrected chi connectivity index (χ0v) is 12.5. The summed E-state index contributed by atoms with van der Waals surface area (Å²) in [6.07, 6.45) is 4.71. The van der Waals surface area contributed by atoms with Gasteiger partial charge in [0.05, 0.1) is 6.10 Å². The number of nitrogens with zero attached hydrogens (tertiary/aromatic N) is 1. The monoisotopic (exact) mass is 288 g/mol. The van der Waals surface area contributed by atoms with Crippen LogP contribution in [0.2, 0.25) is 0 Å². The maximum atomic E-state index is 5.70. The van der Waals surface area contributed by atoms with E-state index < -0.39 is 0 Å². The zero-order valence-electron chi connectivity index (χ0n) is 11.7. The van der Waals surface area contributed by atoms with Gasteiger partial charge in [-0.05, 0) is 19.8 Å². The highest BCUT2D eigenvalue weighted by molar-refractivity contribution is 7.15. The lowest BCUT2D eigenvalue weighted by molar-refractivity contribution is 0.0833. The second kappa shape index (κ2) is 6.48. The van der Waals surface area contributed by atoms with E-state index in [9.17, 15) is 0 Å². The van der Waals surface area contributed by atoms with Crippen molar-refractivity contribution < 1.29 is 4.74 Å². The van der Waals surface area contributed by atoms with Crippen molar-refractivity contribution in [3.8, 4) is 10.6 Å². The fourth-order valence-corrected chi connectivity index (χ4v) is 3.36. The third-order valence-electron chi connectivity index (χ3n) is 3.70. The number of rotatable bonds is 5. The van der Waals surface area contributed by atoms with E-state index in [0.29, 0.717) is 12.1 Å². The fourth-order valence-electron chi connectivity index (χ4n) is 2.49. The summed E-state index contributed by atoms with van der Waals surface area (Å²) >= 11 is 1.76. The Morgan fingerprint density at radius 1 is 1.40 bits per heavy atom. The van der Waals surface area contributed by atoms with Crippen LogP contribution in [0.1, 0.15) is 24.6 Å². The number of hydrogen-bond donors (Lipinski definition) is 1. The Labute approximate surface area is 124 Å². The minimum atomic E-state index is 0.372. The van der Waals surface area contributed by atoms with Gasteiger partial charge in [0.25, 0.3) is 0 Å². The fraction of sp³-hybridized carbons (Fsp3) is 0.438. The van der Waals surface area contributed by atoms with Gasteiger partial charge in [0, 0.05) is 35.8 Å². The summed E-state index contributed by atoms with van der Waals surface area (Å²) in [5, 5.41) is 4.64. The van der Waals surface area contributed by atoms with Crippen LogP contribution in [0, 0.1) is 0 Å². The molecule has 1 aliphatic rings. The number of hydrogen-bond acceptors (Lipinski definition) is 4. The molecular formula is C16H20N2OS. The van der Waals surface area contributed by atoms with E-state index in [1.54, 1.807) is 11.3 Å². The van der Waals surface area contributed by atoms with Gasteiger partial charge in [-0.15, -0.1) is 11.3 Å². The van der Waals surface area contributed by atoms with E-state index in [4.69, 9.17) is 4.74 Å². The van der Waals surface area contributed by atoms with Crippen molar-refractivity contribution in [2.45, 2.75) is 38.5 Å². The molecule has 106 valence electrons. The molecule has 2 atom stereocenters. The van der Waals surface area contributed by atoms with Gasteiger partial charge < -0.3 is 10.1 Å². The second-order valence-corrected chi connectivity index (χ2v) is 6.33. The number of aromatic nitrogens is 1. The van der Waals surface area contributed by atoms with Crippen molar-refractivity contribution in [2.75, 3.05) is 6.61 Å². The molecule has 0 spiro atoms. The molecule has 0 radical (unpaired) electrons. The van der Waals surface area contributed by atoms with Crippen molar-refractivity contribution in [1.29, 1.82) is 0 Å². The van der Waals surface area contributed by atoms with E-state index in [1.807, 2.05) is 24.4 Å². The molecule has 3 nitrogen and oxygen atoms in total. The van der Waals surface area contributed by atoms with E-state index in [-0.39, 0.29) is 0 Å². The summed E-state index contributed by atoms with van der Waals surface area (Å²) in [6, 6.07) is 10.7. The molecule has 2 unspecified atom stereocenters. The third kappa shape index (κ3) is 3.26. The lowest BCUT2D eigenvalue weighted by atomic mass is 10.1. The quantitative estimate of drug-likeness (QED) is 0.915. The van der Waals surface area contributed by atoms with E-state index in [0.717, 1.165) is 18.2 Å². The van der Waals surface area contributed by atoms with Crippen LogP contribution in [-0.4, -0.2) is 23.7 Å². The average molecular weight is 288 g/mol. The van der Waals surface area contributed by atoms with Crippen molar-refractivity contribution in [3.63, 3.8) is 0 Å². The summed E-state index contributed by atoms with van der Waals surface area (Å²) < 4.78 is 5.70. The van der Waals surface area contributed by atoms with Gasteiger partial charge in [0.15, 0.2) is 0 Å². The predicted molar refractivity (Wildman–Crippen MR) is 82.8 cm³/mol. The summed E-state index contributed by atoms with van der Waals surface area (Å²) in [6.45, 7) is 3.98. The first kappa shape index (κ1) is 13.7. The minimum absolute atomic E-state index is 0.372. The maximum Gasteiger partial charge on any atom is 0.123 e. The largest absolute Gasteiger partial charge is 0.377 e. The highest BCUT2D eigenvalue weighted by Gasteiger charge is 2.21. The Morgan fingerprint density at radius 3 is 3.00 bits per heavy atom. The van der Waals surface area contributed by atoms with Crippen LogP contribution >= 0.6 is 11.3 Å². The van der Waals surface area contributed by atoms with Crippen LogP contribution in [-0.2, 0) is 11.3 Å². The van der Waals surface area contributed by atoms with Crippen molar-refractivity contribution in [1.82, 2.24) is 10.3 Å². The van der Waals surface area contributed by atoms with Crippen molar-refractivity contribution in [3.05, 3.63) is 41.4 Å². The number of nitrogens with one attached hydrogen (secondary N) is 1. The van der Waals surface area contributed by atoms with Gasteiger partial charge in [-0.25, -0.2) is 4.98 Å². The Bertz CT molecular complexity index is 534. The SMILES string of the molecule is CC(NCc1cnc(-c2ccccc2)s1)C1CCCO1. The summed E-state index contributed by atoms with van der Waals surface area (Å²) in [5.74, 6) is 0. The molecule has 0 amide bonds. The van der Waals surface area contributed by atoms with Crippen LogP contribution in [0.3, 0.4) is 0 Å². The molecule has 0 saturated carbocycles. The van der Waals surface area contributed by atoms with E-state index in [1.165, 1.54) is 23.3 Å². The van der Waals surface area contributed by atoms with Gasteiger partial charge >= 0.3 is 0 Å². The standard InChI is InChI=1S/C16H20N2OS/c1-12(15-8-5-9-19-15)17-10-14-11-18-16(20-14)13-6-3-2-4-7-13/h2-4,6-7,11-12,15,17H,5,8-10H2,1H3. The molecule has 0 bridgehead atoms. The molecule has 2 aromatic rings. The van der Waals surface area contributed by atoms with Gasteiger partial charge in [-0.1, -0.05) is 30.3 Å². The number of thiazole rings is 1. The predicted octanol–water partition coefficient (Wildman–Crippen LogP) is 3.47. The van der Waals surface area contributed by atoms with Gasteiger partial charge in [-0.2, -0.15) is 0 Å². The van der Waals surface area contributed by atoms with Crippen LogP contribution in [0.5, 0.6) is 0 Å². The molecule has 20 heavy (non-hydrogen) atoms. The molecule has 2 heterocycles. The van der Waals surface area contributed by atoms with E-state index >= 15 is 0 Å². The lowest BCUT2D eigenvalue weighted by Crippen LogP contribution is -2.36. The second-order valence-electron chi connectivity index (χ2n) is 5.22. The smallest absolute Gasteiger partial charge is 0.123 e. The molecular weight excluding hydrogens is 268 g/mol. The van der Waals surface area contributed by atoms with Crippen LogP contribution in [0.4, 0.5) is 0 Å². The van der Waals surface area contributed by atoms with Gasteiger partial charge in [0.1, 0.15) is 5.01 Å². The Hall–Kier alpha value is -1.23. The molecule has 1 aromatic heterocycles. The molecule has 1 N–H and O–H groups in total. The van der Waals surface area contributed by atoms with Crippen LogP contribution < -0.4 is 5.32 Å². The summed E-state index contributed by atoms with van der Waals surface area (Å²) in [7, 11) is 0. The normalized spacial score (nSPS) is 20.1. The highest BCUT2D eigenvalue weighted by atomic mass is 32.1. The molecule has 1 aliphatic heterocycles. The first-order valence-electron chi connectivity index (χ1n) is 7.18. The average Bonchev–Trinajstić information content (AvgIpc) is 3.17. The third-order valence-corrected chi connectivity index (χ3v) is 4.74. The summed E-state index contributed by atoms with van der Waals surface area (Å²) in [4.78, 5) is 5.78. The van der Waals surface area contributed by atoms with Gasteiger partial charge in [-0.3, -0.25) is 0 Å². The van der Waals surface area contributed by atoms with Crippen molar-refractivity contribution >= 4 is 11.3 Å². The summed E-state index contributed by atoms with van der Waals surface area (Å²) in [5.41, 5.74) is 1.19. The number of benzene rings is 1. The van der Waals surface area contributed by atoms with Crippen molar-refractivity contribution in [2.24, 2.45) is 0 Å². The topological polar surface area (TPSA) is 34.2 Å². The van der Waals surface area contributed by atoms with E-state index in [2.05, 4.69) is 29.4 Å². The first-order valence-corrected chi connectivity index (χ1v) is 8.00. The Balaban J connectivity index is 1.57. The Morgan fingerprint density at radius 2 is 2.25 bits per heavy atom. The molecule has 1 fully saturated rings. The molecule has 4 heteroatoms. The first-order chi connectivity index (χ1) is 9.83. The molecule has 1 saturated heterocycles. The number of ether oxygens (including phenoxy) is 1. The maximum absolute atomic E-state index is 5.70. The molecule has 1 aromatic carbocycles.